The standard InChI is InChI=1S/C12H15N7O2/c20-10(16-12-13-4-5-14-12)7-19-6-9(17-18-19)15-11(21)8-2-1-3-8/h4-6,8H,1-3,7H2,(H,15,21)(H2,13,14,16,20). The SMILES string of the molecule is O=C(Cn1cc(NC(=O)C2CCC2)nn1)Nc1ncc[nH]1. The predicted molar refractivity (Wildman–Crippen MR) is 73.2 cm³/mol. The smallest absolute Gasteiger partial charge is 0.248 e. The van der Waals surface area contributed by atoms with Crippen LogP contribution < -0.4 is 10.6 Å². The summed E-state index contributed by atoms with van der Waals surface area (Å²) >= 11 is 0. The number of carbonyl (C=O) groups is 2. The van der Waals surface area contributed by atoms with Crippen molar-refractivity contribution in [3.05, 3.63) is 18.6 Å². The van der Waals surface area contributed by atoms with Gasteiger partial charge < -0.3 is 10.3 Å². The molecule has 0 saturated heterocycles. The summed E-state index contributed by atoms with van der Waals surface area (Å²) in [5, 5.41) is 12.9. The summed E-state index contributed by atoms with van der Waals surface area (Å²) in [5.41, 5.74) is 0. The number of aromatic amines is 1. The molecule has 110 valence electrons. The van der Waals surface area contributed by atoms with E-state index >= 15 is 0 Å². The van der Waals surface area contributed by atoms with Crippen molar-refractivity contribution < 1.29 is 9.59 Å². The number of nitrogens with one attached hydrogen (secondary N) is 3. The molecule has 0 spiro atoms. The topological polar surface area (TPSA) is 118 Å². The lowest BCUT2D eigenvalue weighted by atomic mass is 9.85. The number of anilines is 2. The Kier molecular flexibility index (Phi) is 3.63. The molecule has 3 N–H and O–H groups in total. The van der Waals surface area contributed by atoms with Gasteiger partial charge in [-0.05, 0) is 12.8 Å². The lowest BCUT2D eigenvalue weighted by molar-refractivity contribution is -0.122. The molecule has 21 heavy (non-hydrogen) atoms. The lowest BCUT2D eigenvalue weighted by Gasteiger charge is -2.23. The van der Waals surface area contributed by atoms with Crippen LogP contribution in [0, 0.1) is 5.92 Å². The van der Waals surface area contributed by atoms with Gasteiger partial charge in [-0.3, -0.25) is 14.9 Å². The number of carbonyl (C=O) groups excluding carboxylic acids is 2. The van der Waals surface area contributed by atoms with Crippen molar-refractivity contribution in [2.75, 3.05) is 10.6 Å². The Morgan fingerprint density at radius 1 is 1.38 bits per heavy atom. The van der Waals surface area contributed by atoms with Gasteiger partial charge in [0.05, 0.1) is 6.20 Å². The Morgan fingerprint density at radius 3 is 2.90 bits per heavy atom. The lowest BCUT2D eigenvalue weighted by Crippen LogP contribution is -2.28. The maximum Gasteiger partial charge on any atom is 0.248 e. The van der Waals surface area contributed by atoms with E-state index in [9.17, 15) is 9.59 Å². The molecule has 2 heterocycles. The van der Waals surface area contributed by atoms with E-state index < -0.39 is 0 Å². The molecular weight excluding hydrogens is 274 g/mol. The van der Waals surface area contributed by atoms with Crippen molar-refractivity contribution in [3.63, 3.8) is 0 Å². The van der Waals surface area contributed by atoms with E-state index in [2.05, 4.69) is 30.9 Å². The molecule has 0 radical (unpaired) electrons. The molecule has 0 atom stereocenters. The zero-order valence-corrected chi connectivity index (χ0v) is 11.2. The Morgan fingerprint density at radius 2 is 2.24 bits per heavy atom. The zero-order valence-electron chi connectivity index (χ0n) is 11.2. The molecule has 1 fully saturated rings. The van der Waals surface area contributed by atoms with E-state index in [1.165, 1.54) is 10.9 Å². The highest BCUT2D eigenvalue weighted by Gasteiger charge is 2.25. The fourth-order valence-corrected chi connectivity index (χ4v) is 1.98. The minimum absolute atomic E-state index is 0.00695. The van der Waals surface area contributed by atoms with Gasteiger partial charge in [-0.1, -0.05) is 11.6 Å². The fourth-order valence-electron chi connectivity index (χ4n) is 1.98. The minimum atomic E-state index is -0.285. The first kappa shape index (κ1) is 13.3. The number of hydrogen-bond acceptors (Lipinski definition) is 5. The van der Waals surface area contributed by atoms with Crippen LogP contribution >= 0.6 is 0 Å². The number of nitrogens with zero attached hydrogens (tertiary/aromatic N) is 4. The average Bonchev–Trinajstić information content (AvgIpc) is 2.99. The number of aromatic nitrogens is 5. The normalized spacial score (nSPS) is 14.5. The van der Waals surface area contributed by atoms with Crippen LogP contribution in [0.4, 0.5) is 11.8 Å². The summed E-state index contributed by atoms with van der Waals surface area (Å²) in [6.45, 7) is -0.00695. The molecule has 2 amide bonds. The van der Waals surface area contributed by atoms with Crippen molar-refractivity contribution >= 4 is 23.6 Å². The average molecular weight is 289 g/mol. The molecule has 9 nitrogen and oxygen atoms in total. The largest absolute Gasteiger partial charge is 0.331 e. The van der Waals surface area contributed by atoms with Crippen molar-refractivity contribution in [2.45, 2.75) is 25.8 Å². The fraction of sp³-hybridized carbons (Fsp3) is 0.417. The monoisotopic (exact) mass is 289 g/mol. The first-order chi connectivity index (χ1) is 10.2. The van der Waals surface area contributed by atoms with Gasteiger partial charge >= 0.3 is 0 Å². The Balaban J connectivity index is 1.52. The summed E-state index contributed by atoms with van der Waals surface area (Å²) in [5.74, 6) is 0.494. The molecule has 1 saturated carbocycles. The van der Waals surface area contributed by atoms with Crippen LogP contribution in [-0.2, 0) is 16.1 Å². The molecule has 0 aromatic carbocycles. The van der Waals surface area contributed by atoms with Crippen LogP contribution in [-0.4, -0.2) is 36.8 Å². The summed E-state index contributed by atoms with van der Waals surface area (Å²) in [4.78, 5) is 30.1. The van der Waals surface area contributed by atoms with Crippen molar-refractivity contribution in [3.8, 4) is 0 Å². The van der Waals surface area contributed by atoms with Crippen LogP contribution in [0.25, 0.3) is 0 Å². The van der Waals surface area contributed by atoms with Crippen LogP contribution in [0.1, 0.15) is 19.3 Å². The number of rotatable bonds is 5. The van der Waals surface area contributed by atoms with E-state index in [1.54, 1.807) is 12.4 Å². The highest BCUT2D eigenvalue weighted by molar-refractivity contribution is 5.92. The molecule has 3 rings (SSSR count). The number of H-pyrrole nitrogens is 1. The minimum Gasteiger partial charge on any atom is -0.331 e. The number of amides is 2. The molecule has 1 aliphatic carbocycles. The van der Waals surface area contributed by atoms with Gasteiger partial charge in [-0.25, -0.2) is 9.67 Å². The maximum atomic E-state index is 11.8. The van der Waals surface area contributed by atoms with Crippen molar-refractivity contribution in [1.29, 1.82) is 0 Å². The second kappa shape index (κ2) is 5.73. The molecule has 2 aromatic heterocycles. The van der Waals surface area contributed by atoms with Crippen molar-refractivity contribution in [2.24, 2.45) is 5.92 Å². The quantitative estimate of drug-likeness (QED) is 0.735. The van der Waals surface area contributed by atoms with Crippen LogP contribution in [0.3, 0.4) is 0 Å². The number of hydrogen-bond donors (Lipinski definition) is 3. The van der Waals surface area contributed by atoms with Gasteiger partial charge in [0.1, 0.15) is 6.54 Å². The van der Waals surface area contributed by atoms with E-state index in [0.717, 1.165) is 19.3 Å². The van der Waals surface area contributed by atoms with Gasteiger partial charge in [0.2, 0.25) is 17.8 Å². The van der Waals surface area contributed by atoms with Gasteiger partial charge in [0, 0.05) is 18.3 Å². The van der Waals surface area contributed by atoms with E-state index in [0.29, 0.717) is 11.8 Å². The molecule has 1 aliphatic rings. The summed E-state index contributed by atoms with van der Waals surface area (Å²) in [7, 11) is 0. The number of imidazole rings is 1. The highest BCUT2D eigenvalue weighted by Crippen LogP contribution is 2.27. The van der Waals surface area contributed by atoms with Crippen LogP contribution in [0.2, 0.25) is 0 Å². The van der Waals surface area contributed by atoms with E-state index in [1.807, 2.05) is 0 Å². The third-order valence-electron chi connectivity index (χ3n) is 3.33. The predicted octanol–water partition coefficient (Wildman–Crippen LogP) is 0.378. The third-order valence-corrected chi connectivity index (χ3v) is 3.33. The molecule has 2 aromatic rings. The van der Waals surface area contributed by atoms with Gasteiger partial charge in [-0.2, -0.15) is 0 Å². The first-order valence-corrected chi connectivity index (χ1v) is 6.71. The Labute approximate surface area is 120 Å². The van der Waals surface area contributed by atoms with Gasteiger partial charge in [0.15, 0.2) is 5.82 Å². The first-order valence-electron chi connectivity index (χ1n) is 6.71. The van der Waals surface area contributed by atoms with Crippen LogP contribution in [0.15, 0.2) is 18.6 Å². The molecule has 9 heteroatoms. The van der Waals surface area contributed by atoms with Gasteiger partial charge in [0.25, 0.3) is 0 Å². The van der Waals surface area contributed by atoms with E-state index in [-0.39, 0.29) is 24.3 Å². The highest BCUT2D eigenvalue weighted by atomic mass is 16.2. The van der Waals surface area contributed by atoms with Gasteiger partial charge in [-0.15, -0.1) is 5.10 Å². The summed E-state index contributed by atoms with van der Waals surface area (Å²) < 4.78 is 1.36. The second-order valence-electron chi connectivity index (χ2n) is 4.90. The van der Waals surface area contributed by atoms with E-state index in [4.69, 9.17) is 0 Å². The zero-order chi connectivity index (χ0) is 14.7. The van der Waals surface area contributed by atoms with Crippen molar-refractivity contribution in [1.82, 2.24) is 25.0 Å². The van der Waals surface area contributed by atoms with Crippen LogP contribution in [0.5, 0.6) is 0 Å². The Bertz CT molecular complexity index is 630. The molecule has 0 unspecified atom stereocenters. The maximum absolute atomic E-state index is 11.8. The molecular formula is C12H15N7O2. The Hall–Kier alpha value is -2.71. The molecule has 0 aliphatic heterocycles. The summed E-state index contributed by atoms with van der Waals surface area (Å²) in [6, 6.07) is 0. The molecule has 0 bridgehead atoms. The summed E-state index contributed by atoms with van der Waals surface area (Å²) in [6.07, 6.45) is 7.62. The second-order valence-corrected chi connectivity index (χ2v) is 4.90. The third kappa shape index (κ3) is 3.25.